The summed E-state index contributed by atoms with van der Waals surface area (Å²) in [4.78, 5) is 32.6. The highest BCUT2D eigenvalue weighted by Gasteiger charge is 2.20. The molecule has 0 saturated carbocycles. The molecule has 0 bridgehead atoms. The fraction of sp³-hybridized carbons (Fsp3) is 0.0588. The minimum absolute atomic E-state index is 0.00363. The number of nitro benzene ring substituents is 2. The van der Waals surface area contributed by atoms with Gasteiger partial charge in [0.25, 0.3) is 17.3 Å². The number of carbonyl (C=O) groups is 1. The van der Waals surface area contributed by atoms with Crippen molar-refractivity contribution in [1.29, 1.82) is 0 Å². The SMILES string of the molecule is O=C(Nc1cnn(Cc2c(F)cccc2Cl)c1)c1cc([N+](=O)[O-])cc([N+](=O)[O-])c1. The maximum atomic E-state index is 13.9. The van der Waals surface area contributed by atoms with Crippen LogP contribution in [0.25, 0.3) is 0 Å². The van der Waals surface area contributed by atoms with Crippen molar-refractivity contribution in [2.45, 2.75) is 6.54 Å². The van der Waals surface area contributed by atoms with Gasteiger partial charge in [-0.3, -0.25) is 29.7 Å². The highest BCUT2D eigenvalue weighted by atomic mass is 35.5. The van der Waals surface area contributed by atoms with E-state index in [0.717, 1.165) is 18.2 Å². The Labute approximate surface area is 166 Å². The van der Waals surface area contributed by atoms with E-state index in [1.807, 2.05) is 0 Å². The van der Waals surface area contributed by atoms with Crippen LogP contribution in [0.5, 0.6) is 0 Å². The minimum atomic E-state index is -0.833. The molecule has 0 aliphatic carbocycles. The van der Waals surface area contributed by atoms with Gasteiger partial charge in [0.2, 0.25) is 0 Å². The topological polar surface area (TPSA) is 133 Å². The number of halogens is 2. The summed E-state index contributed by atoms with van der Waals surface area (Å²) >= 11 is 5.97. The van der Waals surface area contributed by atoms with E-state index in [4.69, 9.17) is 11.6 Å². The monoisotopic (exact) mass is 419 g/mol. The van der Waals surface area contributed by atoms with Crippen LogP contribution in [0.15, 0.2) is 48.8 Å². The summed E-state index contributed by atoms with van der Waals surface area (Å²) in [6, 6.07) is 6.85. The van der Waals surface area contributed by atoms with Crippen molar-refractivity contribution in [2.24, 2.45) is 0 Å². The number of anilines is 1. The third-order valence-electron chi connectivity index (χ3n) is 3.86. The second kappa shape index (κ2) is 8.02. The van der Waals surface area contributed by atoms with Crippen LogP contribution in [0, 0.1) is 26.0 Å². The zero-order valence-corrected chi connectivity index (χ0v) is 15.2. The lowest BCUT2D eigenvalue weighted by Crippen LogP contribution is -2.12. The molecule has 0 spiro atoms. The van der Waals surface area contributed by atoms with E-state index in [2.05, 4.69) is 10.4 Å². The summed E-state index contributed by atoms with van der Waals surface area (Å²) in [6.45, 7) is 0.00363. The number of hydrogen-bond acceptors (Lipinski definition) is 6. The first kappa shape index (κ1) is 19.9. The average Bonchev–Trinajstić information content (AvgIpc) is 3.11. The summed E-state index contributed by atoms with van der Waals surface area (Å²) in [5.74, 6) is -1.32. The van der Waals surface area contributed by atoms with Gasteiger partial charge in [0.05, 0.1) is 39.9 Å². The highest BCUT2D eigenvalue weighted by Crippen LogP contribution is 2.24. The number of nitrogens with one attached hydrogen (secondary N) is 1. The van der Waals surface area contributed by atoms with Crippen molar-refractivity contribution in [3.8, 4) is 0 Å². The Morgan fingerprint density at radius 3 is 2.41 bits per heavy atom. The maximum Gasteiger partial charge on any atom is 0.277 e. The van der Waals surface area contributed by atoms with Gasteiger partial charge in [0.15, 0.2) is 0 Å². The third-order valence-corrected chi connectivity index (χ3v) is 4.21. The summed E-state index contributed by atoms with van der Waals surface area (Å²) in [5, 5.41) is 28.5. The number of non-ortho nitro benzene ring substituents is 2. The number of aromatic nitrogens is 2. The lowest BCUT2D eigenvalue weighted by molar-refractivity contribution is -0.394. The molecular formula is C17H11ClFN5O5. The molecule has 1 amide bonds. The molecule has 0 unspecified atom stereocenters. The van der Waals surface area contributed by atoms with Crippen molar-refractivity contribution < 1.29 is 19.0 Å². The first-order valence-electron chi connectivity index (χ1n) is 7.95. The first-order chi connectivity index (χ1) is 13.7. The maximum absolute atomic E-state index is 13.9. The smallest absolute Gasteiger partial charge is 0.277 e. The van der Waals surface area contributed by atoms with Crippen LogP contribution in [0.2, 0.25) is 5.02 Å². The van der Waals surface area contributed by atoms with Crippen LogP contribution in [0.4, 0.5) is 21.5 Å². The normalized spacial score (nSPS) is 10.6. The molecule has 1 N–H and O–H groups in total. The molecule has 148 valence electrons. The van der Waals surface area contributed by atoms with E-state index < -0.39 is 32.9 Å². The Balaban J connectivity index is 1.80. The van der Waals surface area contributed by atoms with Gasteiger partial charge in [-0.05, 0) is 12.1 Å². The van der Waals surface area contributed by atoms with E-state index in [1.54, 1.807) is 0 Å². The van der Waals surface area contributed by atoms with Gasteiger partial charge in [-0.1, -0.05) is 17.7 Å². The van der Waals surface area contributed by atoms with E-state index in [1.165, 1.54) is 35.3 Å². The summed E-state index contributed by atoms with van der Waals surface area (Å²) < 4.78 is 15.2. The Morgan fingerprint density at radius 1 is 1.17 bits per heavy atom. The van der Waals surface area contributed by atoms with Crippen molar-refractivity contribution >= 4 is 34.6 Å². The molecule has 12 heteroatoms. The molecule has 0 fully saturated rings. The second-order valence-electron chi connectivity index (χ2n) is 5.83. The molecule has 0 atom stereocenters. The van der Waals surface area contributed by atoms with Crippen LogP contribution in [-0.4, -0.2) is 25.5 Å². The van der Waals surface area contributed by atoms with Crippen LogP contribution in [-0.2, 0) is 6.54 Å². The van der Waals surface area contributed by atoms with Crippen LogP contribution < -0.4 is 5.32 Å². The number of rotatable bonds is 6. The predicted octanol–water partition coefficient (Wildman–Crippen LogP) is 3.79. The number of amides is 1. The average molecular weight is 420 g/mol. The minimum Gasteiger partial charge on any atom is -0.319 e. The summed E-state index contributed by atoms with van der Waals surface area (Å²) in [5.41, 5.74) is -1.03. The van der Waals surface area contributed by atoms with Gasteiger partial charge in [-0.2, -0.15) is 5.10 Å². The molecule has 0 aliphatic rings. The van der Waals surface area contributed by atoms with Crippen molar-refractivity contribution in [2.75, 3.05) is 5.32 Å². The number of benzene rings is 2. The lowest BCUT2D eigenvalue weighted by atomic mass is 10.1. The third kappa shape index (κ3) is 4.52. The highest BCUT2D eigenvalue weighted by molar-refractivity contribution is 6.31. The number of nitro groups is 2. The Bertz CT molecular complexity index is 1080. The fourth-order valence-corrected chi connectivity index (χ4v) is 2.72. The van der Waals surface area contributed by atoms with Crippen LogP contribution >= 0.6 is 11.6 Å². The zero-order valence-electron chi connectivity index (χ0n) is 14.4. The largest absolute Gasteiger partial charge is 0.319 e. The molecular weight excluding hydrogens is 409 g/mol. The summed E-state index contributed by atoms with van der Waals surface area (Å²) in [7, 11) is 0. The molecule has 1 aromatic heterocycles. The molecule has 10 nitrogen and oxygen atoms in total. The van der Waals surface area contributed by atoms with E-state index in [-0.39, 0.29) is 28.4 Å². The summed E-state index contributed by atoms with van der Waals surface area (Å²) in [6.07, 6.45) is 2.67. The number of nitrogens with zero attached hydrogens (tertiary/aromatic N) is 4. The molecule has 3 aromatic rings. The zero-order chi connectivity index (χ0) is 21.1. The molecule has 0 saturated heterocycles. The molecule has 1 heterocycles. The molecule has 29 heavy (non-hydrogen) atoms. The van der Waals surface area contributed by atoms with Crippen molar-refractivity contribution in [3.05, 3.63) is 91.0 Å². The number of hydrogen-bond donors (Lipinski definition) is 1. The second-order valence-corrected chi connectivity index (χ2v) is 6.24. The molecule has 0 radical (unpaired) electrons. The number of carbonyl (C=O) groups excluding carboxylic acids is 1. The van der Waals surface area contributed by atoms with E-state index in [0.29, 0.717) is 0 Å². The molecule has 0 aliphatic heterocycles. The van der Waals surface area contributed by atoms with Gasteiger partial charge >= 0.3 is 0 Å². The van der Waals surface area contributed by atoms with Gasteiger partial charge < -0.3 is 5.32 Å². The van der Waals surface area contributed by atoms with Gasteiger partial charge in [0.1, 0.15) is 5.82 Å². The van der Waals surface area contributed by atoms with Gasteiger partial charge in [-0.25, -0.2) is 4.39 Å². The van der Waals surface area contributed by atoms with E-state index in [9.17, 15) is 29.4 Å². The Morgan fingerprint density at radius 2 is 1.83 bits per heavy atom. The van der Waals surface area contributed by atoms with Gasteiger partial charge in [0, 0.05) is 28.9 Å². The predicted molar refractivity (Wildman–Crippen MR) is 100 cm³/mol. The van der Waals surface area contributed by atoms with Crippen LogP contribution in [0.3, 0.4) is 0 Å². The lowest BCUT2D eigenvalue weighted by Gasteiger charge is -2.06. The first-order valence-corrected chi connectivity index (χ1v) is 8.33. The van der Waals surface area contributed by atoms with Crippen molar-refractivity contribution in [1.82, 2.24) is 9.78 Å². The van der Waals surface area contributed by atoms with E-state index >= 15 is 0 Å². The fourth-order valence-electron chi connectivity index (χ4n) is 2.50. The quantitative estimate of drug-likeness (QED) is 0.477. The van der Waals surface area contributed by atoms with Gasteiger partial charge in [-0.15, -0.1) is 0 Å². The van der Waals surface area contributed by atoms with Crippen LogP contribution in [0.1, 0.15) is 15.9 Å². The standard InChI is InChI=1S/C17H11ClFN5O5/c18-15-2-1-3-16(19)14(15)9-22-8-11(7-20-22)21-17(25)10-4-12(23(26)27)6-13(5-10)24(28)29/h1-8H,9H2,(H,21,25). The molecule has 3 rings (SSSR count). The Hall–Kier alpha value is -3.86. The Kier molecular flexibility index (Phi) is 5.50. The molecule has 2 aromatic carbocycles. The van der Waals surface area contributed by atoms with Crippen molar-refractivity contribution in [3.63, 3.8) is 0 Å².